The van der Waals surface area contributed by atoms with E-state index in [1.807, 2.05) is 17.9 Å². The molecular weight excluding hydrogens is 290 g/mol. The highest BCUT2D eigenvalue weighted by molar-refractivity contribution is 5.78. The maximum absolute atomic E-state index is 12.4. The van der Waals surface area contributed by atoms with Crippen LogP contribution in [0, 0.1) is 0 Å². The van der Waals surface area contributed by atoms with E-state index in [1.165, 1.54) is 5.56 Å². The molecule has 6 nitrogen and oxygen atoms in total. The van der Waals surface area contributed by atoms with E-state index in [1.54, 1.807) is 0 Å². The van der Waals surface area contributed by atoms with Crippen LogP contribution in [-0.4, -0.2) is 64.3 Å². The van der Waals surface area contributed by atoms with Gasteiger partial charge < -0.3 is 10.2 Å². The van der Waals surface area contributed by atoms with E-state index in [9.17, 15) is 4.79 Å². The summed E-state index contributed by atoms with van der Waals surface area (Å²) in [6, 6.07) is 0.695. The average molecular weight is 319 g/mol. The molecule has 0 saturated carbocycles. The number of hydrogen-bond acceptors (Lipinski definition) is 4. The number of likely N-dealkylation sites (tertiary alicyclic amines) is 2. The zero-order chi connectivity index (χ0) is 16.2. The van der Waals surface area contributed by atoms with Crippen molar-refractivity contribution in [2.45, 2.75) is 44.7 Å². The summed E-state index contributed by atoms with van der Waals surface area (Å²) < 4.78 is 1.84. The van der Waals surface area contributed by atoms with Crippen LogP contribution in [0.4, 0.5) is 0 Å². The Morgan fingerprint density at radius 3 is 2.74 bits per heavy atom. The van der Waals surface area contributed by atoms with Crippen LogP contribution in [0.3, 0.4) is 0 Å². The number of hydrogen-bond donors (Lipinski definition) is 1. The first kappa shape index (κ1) is 16.5. The van der Waals surface area contributed by atoms with Gasteiger partial charge >= 0.3 is 0 Å². The normalized spacial score (nSPS) is 24.2. The molecular formula is C17H29N5O. The molecule has 2 aliphatic rings. The van der Waals surface area contributed by atoms with Crippen molar-refractivity contribution in [3.05, 3.63) is 18.0 Å². The van der Waals surface area contributed by atoms with E-state index >= 15 is 0 Å². The van der Waals surface area contributed by atoms with Gasteiger partial charge in [-0.25, -0.2) is 0 Å². The largest absolute Gasteiger partial charge is 0.352 e. The van der Waals surface area contributed by atoms with E-state index in [2.05, 4.69) is 33.3 Å². The molecule has 23 heavy (non-hydrogen) atoms. The molecule has 2 saturated heterocycles. The van der Waals surface area contributed by atoms with Crippen molar-refractivity contribution in [2.24, 2.45) is 7.05 Å². The lowest BCUT2D eigenvalue weighted by atomic mass is 10.1. The molecule has 1 aromatic rings. The minimum absolute atomic E-state index is 0.177. The molecule has 2 aliphatic heterocycles. The van der Waals surface area contributed by atoms with Crippen molar-refractivity contribution in [2.75, 3.05) is 32.7 Å². The summed E-state index contributed by atoms with van der Waals surface area (Å²) in [7, 11) is 1.94. The highest BCUT2D eigenvalue weighted by Crippen LogP contribution is 2.31. The molecule has 1 atom stereocenters. The lowest BCUT2D eigenvalue weighted by Gasteiger charge is -2.32. The van der Waals surface area contributed by atoms with Gasteiger partial charge in [0.25, 0.3) is 0 Å². The smallest absolute Gasteiger partial charge is 0.234 e. The molecule has 3 rings (SSSR count). The van der Waals surface area contributed by atoms with E-state index < -0.39 is 0 Å². The standard InChI is InChI=1S/C17H29N5O/c1-3-21-9-6-15(7-10-21)19-17(23)13-22-8-4-5-16(22)14-11-18-20(2)12-14/h11-12,15-16H,3-10,13H2,1-2H3,(H,19,23). The van der Waals surface area contributed by atoms with Crippen molar-refractivity contribution < 1.29 is 4.79 Å². The summed E-state index contributed by atoms with van der Waals surface area (Å²) >= 11 is 0. The van der Waals surface area contributed by atoms with Crippen LogP contribution in [0.5, 0.6) is 0 Å². The molecule has 1 N–H and O–H groups in total. The van der Waals surface area contributed by atoms with Crippen molar-refractivity contribution in [3.63, 3.8) is 0 Å². The SMILES string of the molecule is CCN1CCC(NC(=O)CN2CCCC2c2cnn(C)c2)CC1. The van der Waals surface area contributed by atoms with Crippen LogP contribution >= 0.6 is 0 Å². The van der Waals surface area contributed by atoms with Gasteiger partial charge in [-0.2, -0.15) is 5.10 Å². The fourth-order valence-corrected chi connectivity index (χ4v) is 3.86. The molecule has 1 amide bonds. The van der Waals surface area contributed by atoms with E-state index in [0.717, 1.165) is 51.9 Å². The lowest BCUT2D eigenvalue weighted by molar-refractivity contribution is -0.123. The number of amides is 1. The number of carbonyl (C=O) groups is 1. The van der Waals surface area contributed by atoms with E-state index in [4.69, 9.17) is 0 Å². The predicted molar refractivity (Wildman–Crippen MR) is 90.0 cm³/mol. The fourth-order valence-electron chi connectivity index (χ4n) is 3.86. The number of nitrogens with one attached hydrogen (secondary N) is 1. The van der Waals surface area contributed by atoms with E-state index in [0.29, 0.717) is 18.6 Å². The molecule has 0 bridgehead atoms. The Balaban J connectivity index is 1.49. The maximum Gasteiger partial charge on any atom is 0.234 e. The molecule has 2 fully saturated rings. The van der Waals surface area contributed by atoms with Crippen LogP contribution in [0.25, 0.3) is 0 Å². The number of carbonyl (C=O) groups excluding carboxylic acids is 1. The summed E-state index contributed by atoms with van der Waals surface area (Å²) in [5, 5.41) is 7.51. The van der Waals surface area contributed by atoms with Gasteiger partial charge in [-0.15, -0.1) is 0 Å². The highest BCUT2D eigenvalue weighted by atomic mass is 16.2. The van der Waals surface area contributed by atoms with Crippen LogP contribution in [0.15, 0.2) is 12.4 Å². The Morgan fingerprint density at radius 2 is 2.09 bits per heavy atom. The van der Waals surface area contributed by atoms with Crippen molar-refractivity contribution in [3.8, 4) is 0 Å². The van der Waals surface area contributed by atoms with Gasteiger partial charge in [-0.3, -0.25) is 14.4 Å². The monoisotopic (exact) mass is 319 g/mol. The molecule has 3 heterocycles. The molecule has 0 radical (unpaired) electrons. The molecule has 6 heteroatoms. The molecule has 0 spiro atoms. The molecule has 0 aliphatic carbocycles. The Bertz CT molecular complexity index is 521. The second kappa shape index (κ2) is 7.45. The molecule has 1 unspecified atom stereocenters. The summed E-state index contributed by atoms with van der Waals surface area (Å²) in [5.41, 5.74) is 1.23. The van der Waals surface area contributed by atoms with Gasteiger partial charge in [0.2, 0.25) is 5.91 Å². The Hall–Kier alpha value is -1.40. The average Bonchev–Trinajstić information content (AvgIpc) is 3.16. The van der Waals surface area contributed by atoms with Crippen LogP contribution < -0.4 is 5.32 Å². The van der Waals surface area contributed by atoms with Crippen LogP contribution in [0.2, 0.25) is 0 Å². The first-order valence-electron chi connectivity index (χ1n) is 8.90. The Morgan fingerprint density at radius 1 is 1.30 bits per heavy atom. The lowest BCUT2D eigenvalue weighted by Crippen LogP contribution is -2.47. The van der Waals surface area contributed by atoms with Crippen molar-refractivity contribution in [1.82, 2.24) is 24.9 Å². The van der Waals surface area contributed by atoms with Gasteiger partial charge in [0, 0.05) is 44.0 Å². The minimum atomic E-state index is 0.177. The summed E-state index contributed by atoms with van der Waals surface area (Å²) in [6.07, 6.45) is 8.43. The van der Waals surface area contributed by atoms with Gasteiger partial charge in [-0.05, 0) is 38.8 Å². The third-order valence-corrected chi connectivity index (χ3v) is 5.22. The molecule has 0 aromatic carbocycles. The predicted octanol–water partition coefficient (Wildman–Crippen LogP) is 1.16. The summed E-state index contributed by atoms with van der Waals surface area (Å²) in [4.78, 5) is 17.2. The highest BCUT2D eigenvalue weighted by Gasteiger charge is 2.29. The number of nitrogens with zero attached hydrogens (tertiary/aromatic N) is 4. The topological polar surface area (TPSA) is 53.4 Å². The van der Waals surface area contributed by atoms with Gasteiger partial charge in [0.15, 0.2) is 0 Å². The Labute approximate surface area is 138 Å². The van der Waals surface area contributed by atoms with Crippen LogP contribution in [0.1, 0.15) is 44.2 Å². The van der Waals surface area contributed by atoms with E-state index in [-0.39, 0.29) is 5.91 Å². The number of rotatable bonds is 5. The van der Waals surface area contributed by atoms with Gasteiger partial charge in [-0.1, -0.05) is 6.92 Å². The molecule has 128 valence electrons. The van der Waals surface area contributed by atoms with Crippen molar-refractivity contribution >= 4 is 5.91 Å². The quantitative estimate of drug-likeness (QED) is 0.885. The summed E-state index contributed by atoms with van der Waals surface area (Å²) in [5.74, 6) is 0.177. The molecule has 1 aromatic heterocycles. The minimum Gasteiger partial charge on any atom is -0.352 e. The second-order valence-corrected chi connectivity index (χ2v) is 6.85. The van der Waals surface area contributed by atoms with Gasteiger partial charge in [0.1, 0.15) is 0 Å². The fraction of sp³-hybridized carbons (Fsp3) is 0.765. The second-order valence-electron chi connectivity index (χ2n) is 6.85. The van der Waals surface area contributed by atoms with Crippen molar-refractivity contribution in [1.29, 1.82) is 0 Å². The number of piperidine rings is 1. The summed E-state index contributed by atoms with van der Waals surface area (Å²) in [6.45, 7) is 7.02. The Kier molecular flexibility index (Phi) is 5.33. The number of aryl methyl sites for hydroxylation is 1. The van der Waals surface area contributed by atoms with Crippen LogP contribution in [-0.2, 0) is 11.8 Å². The third-order valence-electron chi connectivity index (χ3n) is 5.22. The zero-order valence-electron chi connectivity index (χ0n) is 14.4. The number of aromatic nitrogens is 2. The zero-order valence-corrected chi connectivity index (χ0v) is 14.4. The third kappa shape index (κ3) is 4.12. The maximum atomic E-state index is 12.4. The van der Waals surface area contributed by atoms with Gasteiger partial charge in [0.05, 0.1) is 12.7 Å². The first-order valence-corrected chi connectivity index (χ1v) is 8.90. The first-order chi connectivity index (χ1) is 11.2.